The molecule has 0 saturated heterocycles. The van der Waals surface area contributed by atoms with Crippen molar-refractivity contribution in [3.05, 3.63) is 95.7 Å². The van der Waals surface area contributed by atoms with Gasteiger partial charge in [-0.1, -0.05) is 50.2 Å². The highest BCUT2D eigenvalue weighted by Crippen LogP contribution is 2.34. The van der Waals surface area contributed by atoms with E-state index in [0.29, 0.717) is 11.1 Å². The first-order chi connectivity index (χ1) is 18.4. The van der Waals surface area contributed by atoms with Crippen molar-refractivity contribution in [2.75, 3.05) is 12.9 Å². The van der Waals surface area contributed by atoms with Crippen molar-refractivity contribution < 1.29 is 18.3 Å². The first kappa shape index (κ1) is 28.2. The lowest BCUT2D eigenvalue weighted by Crippen LogP contribution is -2.30. The molecule has 0 radical (unpaired) electrons. The molecule has 4 aromatic rings. The maximum Gasteiger partial charge on any atom is 0.252 e. The molecule has 39 heavy (non-hydrogen) atoms. The molecule has 0 fully saturated rings. The van der Waals surface area contributed by atoms with E-state index in [2.05, 4.69) is 22.4 Å². The van der Waals surface area contributed by atoms with Crippen LogP contribution in [0.25, 0.3) is 33.7 Å². The third-order valence-corrected chi connectivity index (χ3v) is 7.78. The van der Waals surface area contributed by atoms with E-state index in [-0.39, 0.29) is 23.5 Å². The van der Waals surface area contributed by atoms with Gasteiger partial charge in [0.15, 0.2) is 9.84 Å². The fraction of sp³-hybridized carbons (Fsp3) is 0.250. The first-order valence-corrected chi connectivity index (χ1v) is 14.7. The molecule has 1 aromatic heterocycles. The van der Waals surface area contributed by atoms with Crippen LogP contribution in [0.1, 0.15) is 44.4 Å². The highest BCUT2D eigenvalue weighted by molar-refractivity contribution is 7.90. The number of carbonyl (C=O) groups excluding carboxylic acids is 1. The molecule has 0 bridgehead atoms. The highest BCUT2D eigenvalue weighted by Gasteiger charge is 2.22. The summed E-state index contributed by atoms with van der Waals surface area (Å²) in [4.78, 5) is 18.1. The van der Waals surface area contributed by atoms with Crippen LogP contribution in [0, 0.1) is 0 Å². The van der Waals surface area contributed by atoms with E-state index in [9.17, 15) is 18.3 Å². The van der Waals surface area contributed by atoms with Crippen LogP contribution in [0.2, 0.25) is 0 Å². The SMILES string of the molecule is CC(C)NC(=O)/C(=C\c1cccc(-c2cc(C(C)(C)CO)cc3cccnc23)c1)c1ccc(S(C)(=O)=O)cc1. The summed E-state index contributed by atoms with van der Waals surface area (Å²) in [6.45, 7) is 7.79. The number of aromatic nitrogens is 1. The van der Waals surface area contributed by atoms with E-state index in [0.717, 1.165) is 39.4 Å². The zero-order valence-corrected chi connectivity index (χ0v) is 23.7. The van der Waals surface area contributed by atoms with Crippen molar-refractivity contribution >= 4 is 38.3 Å². The van der Waals surface area contributed by atoms with Gasteiger partial charge in [-0.3, -0.25) is 9.78 Å². The number of hydrogen-bond donors (Lipinski definition) is 2. The molecule has 2 N–H and O–H groups in total. The average molecular weight is 543 g/mol. The average Bonchev–Trinajstić information content (AvgIpc) is 2.90. The number of nitrogens with zero attached hydrogens (tertiary/aromatic N) is 1. The van der Waals surface area contributed by atoms with Crippen molar-refractivity contribution in [2.45, 2.75) is 44.0 Å². The van der Waals surface area contributed by atoms with Crippen LogP contribution < -0.4 is 5.32 Å². The van der Waals surface area contributed by atoms with E-state index in [4.69, 9.17) is 0 Å². The fourth-order valence-electron chi connectivity index (χ4n) is 4.36. The summed E-state index contributed by atoms with van der Waals surface area (Å²) < 4.78 is 23.9. The van der Waals surface area contributed by atoms with Gasteiger partial charge in [0.1, 0.15) is 0 Å². The lowest BCUT2D eigenvalue weighted by molar-refractivity contribution is -0.116. The fourth-order valence-corrected chi connectivity index (χ4v) is 4.99. The van der Waals surface area contributed by atoms with E-state index in [1.807, 2.05) is 70.2 Å². The van der Waals surface area contributed by atoms with Crippen LogP contribution in [0.15, 0.2) is 83.9 Å². The predicted octanol–water partition coefficient (Wildman–Crippen LogP) is 5.64. The van der Waals surface area contributed by atoms with Crippen molar-refractivity contribution in [2.24, 2.45) is 0 Å². The number of pyridine rings is 1. The van der Waals surface area contributed by atoms with Gasteiger partial charge in [-0.25, -0.2) is 8.42 Å². The number of aliphatic hydroxyl groups is 1. The number of rotatable bonds is 8. The smallest absolute Gasteiger partial charge is 0.252 e. The van der Waals surface area contributed by atoms with Gasteiger partial charge in [-0.2, -0.15) is 0 Å². The van der Waals surface area contributed by atoms with Crippen LogP contribution in [-0.2, 0) is 20.0 Å². The second-order valence-electron chi connectivity index (χ2n) is 10.7. The Morgan fingerprint density at radius 2 is 1.74 bits per heavy atom. The molecule has 7 heteroatoms. The minimum atomic E-state index is -3.36. The Labute approximate surface area is 230 Å². The molecule has 0 aliphatic carbocycles. The second kappa shape index (κ2) is 11.1. The minimum absolute atomic E-state index is 0.00737. The number of nitrogens with one attached hydrogen (secondary N) is 1. The Morgan fingerprint density at radius 3 is 2.38 bits per heavy atom. The standard InChI is InChI=1S/C32H34N2O4S/c1-21(2)34-31(36)29(23-11-13-27(14-12-23)39(5,37)38)17-22-8-6-9-24(16-22)28-19-26(32(3,4)20-35)18-25-10-7-15-33-30(25)28/h6-19,21,35H,20H2,1-5H3,(H,34,36)/b29-17-. The molecule has 202 valence electrons. The predicted molar refractivity (Wildman–Crippen MR) is 158 cm³/mol. The third kappa shape index (κ3) is 6.44. The van der Waals surface area contributed by atoms with Crippen LogP contribution in [0.4, 0.5) is 0 Å². The van der Waals surface area contributed by atoms with Crippen LogP contribution in [0.3, 0.4) is 0 Å². The minimum Gasteiger partial charge on any atom is -0.395 e. The lowest BCUT2D eigenvalue weighted by Gasteiger charge is -2.24. The summed E-state index contributed by atoms with van der Waals surface area (Å²) in [5.74, 6) is -0.249. The molecule has 0 spiro atoms. The summed E-state index contributed by atoms with van der Waals surface area (Å²) in [7, 11) is -3.36. The van der Waals surface area contributed by atoms with E-state index in [1.165, 1.54) is 12.1 Å². The van der Waals surface area contributed by atoms with E-state index < -0.39 is 15.3 Å². The van der Waals surface area contributed by atoms with Crippen molar-refractivity contribution in [3.63, 3.8) is 0 Å². The molecule has 0 aliphatic heterocycles. The molecule has 4 rings (SSSR count). The third-order valence-electron chi connectivity index (χ3n) is 6.65. The normalized spacial score (nSPS) is 12.6. The van der Waals surface area contributed by atoms with Gasteiger partial charge in [-0.05, 0) is 78.6 Å². The van der Waals surface area contributed by atoms with Crippen molar-refractivity contribution in [1.82, 2.24) is 10.3 Å². The zero-order chi connectivity index (χ0) is 28.4. The van der Waals surface area contributed by atoms with Crippen LogP contribution >= 0.6 is 0 Å². The Bertz CT molecular complexity index is 1650. The lowest BCUT2D eigenvalue weighted by atomic mass is 9.83. The molecule has 1 heterocycles. The monoisotopic (exact) mass is 542 g/mol. The molecule has 0 atom stereocenters. The Hall–Kier alpha value is -3.81. The topological polar surface area (TPSA) is 96.4 Å². The van der Waals surface area contributed by atoms with Gasteiger partial charge >= 0.3 is 0 Å². The summed E-state index contributed by atoms with van der Waals surface area (Å²) in [6.07, 6.45) is 4.74. The number of carbonyl (C=O) groups is 1. The Kier molecular flexibility index (Phi) is 8.04. The van der Waals surface area contributed by atoms with Crippen LogP contribution in [-0.4, -0.2) is 43.3 Å². The molecule has 6 nitrogen and oxygen atoms in total. The molecular weight excluding hydrogens is 508 g/mol. The number of aliphatic hydroxyl groups excluding tert-OH is 1. The number of sulfone groups is 1. The molecular formula is C32H34N2O4S. The highest BCUT2D eigenvalue weighted by atomic mass is 32.2. The molecule has 0 aliphatic rings. The van der Waals surface area contributed by atoms with Gasteiger partial charge in [-0.15, -0.1) is 0 Å². The quantitative estimate of drug-likeness (QED) is 0.222. The maximum absolute atomic E-state index is 13.2. The van der Waals surface area contributed by atoms with Gasteiger partial charge in [0.25, 0.3) is 5.91 Å². The molecule has 1 amide bonds. The summed E-state index contributed by atoms with van der Waals surface area (Å²) in [6, 6.07) is 22.2. The second-order valence-corrected chi connectivity index (χ2v) is 12.8. The summed E-state index contributed by atoms with van der Waals surface area (Å²) in [5.41, 5.74) is 5.14. The summed E-state index contributed by atoms with van der Waals surface area (Å²) >= 11 is 0. The molecule has 3 aromatic carbocycles. The maximum atomic E-state index is 13.2. The summed E-state index contributed by atoms with van der Waals surface area (Å²) in [5, 5.41) is 13.9. The van der Waals surface area contributed by atoms with E-state index >= 15 is 0 Å². The van der Waals surface area contributed by atoms with E-state index in [1.54, 1.807) is 18.3 Å². The van der Waals surface area contributed by atoms with Crippen molar-refractivity contribution in [3.8, 4) is 11.1 Å². The molecule has 0 saturated carbocycles. The number of amides is 1. The van der Waals surface area contributed by atoms with Gasteiger partial charge < -0.3 is 10.4 Å². The number of fused-ring (bicyclic) bond motifs is 1. The van der Waals surface area contributed by atoms with Gasteiger partial charge in [0, 0.05) is 40.4 Å². The first-order valence-electron chi connectivity index (χ1n) is 12.8. The molecule has 0 unspecified atom stereocenters. The Balaban J connectivity index is 1.86. The zero-order valence-electron chi connectivity index (χ0n) is 22.9. The van der Waals surface area contributed by atoms with Crippen molar-refractivity contribution in [1.29, 1.82) is 0 Å². The Morgan fingerprint density at radius 1 is 1.03 bits per heavy atom. The number of hydrogen-bond acceptors (Lipinski definition) is 5. The van der Waals surface area contributed by atoms with Crippen LogP contribution in [0.5, 0.6) is 0 Å². The largest absolute Gasteiger partial charge is 0.395 e. The number of benzene rings is 3. The van der Waals surface area contributed by atoms with Gasteiger partial charge in [0.2, 0.25) is 0 Å². The van der Waals surface area contributed by atoms with Gasteiger partial charge in [0.05, 0.1) is 17.0 Å².